The third kappa shape index (κ3) is 17.3. The third-order valence-electron chi connectivity index (χ3n) is 5.91. The van der Waals surface area contributed by atoms with Crippen molar-refractivity contribution in [3.8, 4) is 0 Å². The first-order valence-corrected chi connectivity index (χ1v) is 12.5. The molecule has 1 nitrogen and oxygen atoms in total. The van der Waals surface area contributed by atoms with Crippen molar-refractivity contribution in [1.82, 2.24) is 4.90 Å². The van der Waals surface area contributed by atoms with Crippen molar-refractivity contribution in [1.29, 1.82) is 0 Å². The van der Waals surface area contributed by atoms with Crippen LogP contribution in [0.25, 0.3) is 0 Å². The molecule has 1 aromatic rings. The Morgan fingerprint density at radius 3 is 1.21 bits per heavy atom. The number of benzene rings is 1. The molecule has 0 saturated heterocycles. The summed E-state index contributed by atoms with van der Waals surface area (Å²) in [6.07, 6.45) is 25.8. The number of aryl methyl sites for hydroxylation is 1. The van der Waals surface area contributed by atoms with Gasteiger partial charge in [0.25, 0.3) is 0 Å². The summed E-state index contributed by atoms with van der Waals surface area (Å²) in [6.45, 7) is 1.26. The lowest BCUT2D eigenvalue weighted by atomic mass is 10.0. The number of hydrogen-bond acceptors (Lipinski definition) is 1. The van der Waals surface area contributed by atoms with E-state index in [0.717, 1.165) is 0 Å². The minimum absolute atomic E-state index is 1.26. The van der Waals surface area contributed by atoms with Crippen molar-refractivity contribution in [2.45, 2.75) is 116 Å². The van der Waals surface area contributed by atoms with Crippen LogP contribution in [-0.2, 0) is 6.42 Å². The molecule has 0 bridgehead atoms. The highest BCUT2D eigenvalue weighted by Gasteiger charge is 1.96. The molecule has 0 aliphatic heterocycles. The summed E-state index contributed by atoms with van der Waals surface area (Å²) in [4.78, 5) is 2.30. The molecule has 0 fully saturated rings. The highest BCUT2D eigenvalue weighted by Crippen LogP contribution is 2.14. The van der Waals surface area contributed by atoms with E-state index >= 15 is 0 Å². The molecular weight excluding hydrogens is 338 g/mol. The summed E-state index contributed by atoms with van der Waals surface area (Å²) >= 11 is 0. The lowest BCUT2D eigenvalue weighted by molar-refractivity contribution is 0.389. The first-order valence-electron chi connectivity index (χ1n) is 12.5. The molecular formula is C27H49N. The molecule has 0 spiro atoms. The molecule has 162 valence electrons. The molecule has 0 amide bonds. The van der Waals surface area contributed by atoms with Gasteiger partial charge >= 0.3 is 0 Å². The first kappa shape index (κ1) is 25.2. The minimum atomic E-state index is 1.26. The number of nitrogens with zero attached hydrogens (tertiary/aromatic N) is 1. The van der Waals surface area contributed by atoms with E-state index in [-0.39, 0.29) is 0 Å². The number of hydrogen-bond donors (Lipinski definition) is 0. The monoisotopic (exact) mass is 387 g/mol. The van der Waals surface area contributed by atoms with Gasteiger partial charge < -0.3 is 4.90 Å². The van der Waals surface area contributed by atoms with Crippen LogP contribution in [-0.4, -0.2) is 25.5 Å². The topological polar surface area (TPSA) is 3.24 Å². The van der Waals surface area contributed by atoms with Crippen LogP contribution in [0.15, 0.2) is 30.3 Å². The van der Waals surface area contributed by atoms with Crippen LogP contribution < -0.4 is 0 Å². The van der Waals surface area contributed by atoms with E-state index in [1.165, 1.54) is 128 Å². The van der Waals surface area contributed by atoms with Crippen molar-refractivity contribution in [2.75, 3.05) is 20.6 Å². The fraction of sp³-hybridized carbons (Fsp3) is 0.778. The number of rotatable bonds is 20. The quantitative estimate of drug-likeness (QED) is 0.203. The van der Waals surface area contributed by atoms with E-state index in [9.17, 15) is 0 Å². The van der Waals surface area contributed by atoms with Gasteiger partial charge in [-0.25, -0.2) is 0 Å². The van der Waals surface area contributed by atoms with E-state index in [2.05, 4.69) is 49.3 Å². The second-order valence-electron chi connectivity index (χ2n) is 9.05. The van der Waals surface area contributed by atoms with E-state index in [4.69, 9.17) is 0 Å². The summed E-state index contributed by atoms with van der Waals surface area (Å²) < 4.78 is 0. The molecule has 0 heterocycles. The molecule has 0 aliphatic rings. The molecule has 0 radical (unpaired) electrons. The maximum atomic E-state index is 2.30. The van der Waals surface area contributed by atoms with Crippen LogP contribution >= 0.6 is 0 Å². The van der Waals surface area contributed by atoms with Gasteiger partial charge in [-0.15, -0.1) is 0 Å². The lowest BCUT2D eigenvalue weighted by Gasteiger charge is -2.08. The van der Waals surface area contributed by atoms with Crippen molar-refractivity contribution in [3.63, 3.8) is 0 Å². The second kappa shape index (κ2) is 19.5. The van der Waals surface area contributed by atoms with Gasteiger partial charge in [0.2, 0.25) is 0 Å². The summed E-state index contributed by atoms with van der Waals surface area (Å²) in [5, 5.41) is 0. The van der Waals surface area contributed by atoms with Crippen LogP contribution in [0, 0.1) is 0 Å². The van der Waals surface area contributed by atoms with Gasteiger partial charge in [0.05, 0.1) is 0 Å². The smallest absolute Gasteiger partial charge is 0.00248 e. The fourth-order valence-electron chi connectivity index (χ4n) is 4.05. The zero-order valence-corrected chi connectivity index (χ0v) is 19.3. The molecule has 0 unspecified atom stereocenters. The van der Waals surface area contributed by atoms with Gasteiger partial charge in [0.15, 0.2) is 0 Å². The molecule has 0 aromatic heterocycles. The zero-order valence-electron chi connectivity index (χ0n) is 19.3. The van der Waals surface area contributed by atoms with Crippen molar-refractivity contribution in [3.05, 3.63) is 35.9 Å². The molecule has 1 rings (SSSR count). The van der Waals surface area contributed by atoms with Crippen LogP contribution in [0.2, 0.25) is 0 Å². The Morgan fingerprint density at radius 1 is 0.464 bits per heavy atom. The molecule has 1 heteroatoms. The van der Waals surface area contributed by atoms with Crippen molar-refractivity contribution < 1.29 is 0 Å². The summed E-state index contributed by atoms with van der Waals surface area (Å²) in [7, 11) is 4.35. The third-order valence-corrected chi connectivity index (χ3v) is 5.91. The number of unbranched alkanes of at least 4 members (excludes halogenated alkanes) is 16. The van der Waals surface area contributed by atoms with Gasteiger partial charge in [-0.3, -0.25) is 0 Å². The zero-order chi connectivity index (χ0) is 20.1. The average molecular weight is 388 g/mol. The molecule has 0 atom stereocenters. The maximum absolute atomic E-state index is 2.30. The predicted molar refractivity (Wildman–Crippen MR) is 127 cm³/mol. The van der Waals surface area contributed by atoms with Crippen molar-refractivity contribution in [2.24, 2.45) is 0 Å². The second-order valence-corrected chi connectivity index (χ2v) is 9.05. The minimum Gasteiger partial charge on any atom is -0.309 e. The lowest BCUT2D eigenvalue weighted by Crippen LogP contribution is -2.12. The molecule has 0 N–H and O–H groups in total. The highest BCUT2D eigenvalue weighted by atomic mass is 15.0. The standard InChI is InChI=1S/C27H49N/c1-28(2)26-22-17-15-13-11-9-7-5-3-4-6-8-10-12-14-16-19-23-27-24-20-18-21-25-27/h18,20-21,24-25H,3-17,19,22-23,26H2,1-2H3. The Bertz CT molecular complexity index is 412. The van der Waals surface area contributed by atoms with Crippen LogP contribution in [0.5, 0.6) is 0 Å². The Morgan fingerprint density at radius 2 is 0.821 bits per heavy atom. The Balaban J connectivity index is 1.68. The van der Waals surface area contributed by atoms with E-state index in [0.29, 0.717) is 0 Å². The van der Waals surface area contributed by atoms with Crippen LogP contribution in [0.1, 0.15) is 115 Å². The van der Waals surface area contributed by atoms with Crippen LogP contribution in [0.4, 0.5) is 0 Å². The average Bonchev–Trinajstić information content (AvgIpc) is 2.70. The van der Waals surface area contributed by atoms with Crippen LogP contribution in [0.3, 0.4) is 0 Å². The Labute approximate surface area is 177 Å². The van der Waals surface area contributed by atoms with Gasteiger partial charge in [0.1, 0.15) is 0 Å². The molecule has 28 heavy (non-hydrogen) atoms. The molecule has 1 aromatic carbocycles. The largest absolute Gasteiger partial charge is 0.309 e. The predicted octanol–water partition coefficient (Wildman–Crippen LogP) is 8.42. The SMILES string of the molecule is CN(C)CCCCCCCCCCCCCCCCCCCc1ccccc1. The van der Waals surface area contributed by atoms with E-state index in [1.807, 2.05) is 0 Å². The van der Waals surface area contributed by atoms with E-state index < -0.39 is 0 Å². The molecule has 0 saturated carbocycles. The maximum Gasteiger partial charge on any atom is -0.00248 e. The van der Waals surface area contributed by atoms with Gasteiger partial charge in [-0.05, 0) is 45.5 Å². The highest BCUT2D eigenvalue weighted by molar-refractivity contribution is 5.14. The summed E-state index contributed by atoms with van der Waals surface area (Å²) in [5.74, 6) is 0. The van der Waals surface area contributed by atoms with E-state index in [1.54, 1.807) is 0 Å². The Kier molecular flexibility index (Phi) is 17.6. The fourth-order valence-corrected chi connectivity index (χ4v) is 4.05. The van der Waals surface area contributed by atoms with Gasteiger partial charge in [-0.1, -0.05) is 127 Å². The first-order chi connectivity index (χ1) is 13.8. The molecule has 0 aliphatic carbocycles. The Hall–Kier alpha value is -0.820. The summed E-state index contributed by atoms with van der Waals surface area (Å²) in [6, 6.07) is 10.9. The van der Waals surface area contributed by atoms with Gasteiger partial charge in [0, 0.05) is 0 Å². The van der Waals surface area contributed by atoms with Crippen molar-refractivity contribution >= 4 is 0 Å². The van der Waals surface area contributed by atoms with Gasteiger partial charge in [-0.2, -0.15) is 0 Å². The summed E-state index contributed by atoms with van der Waals surface area (Å²) in [5.41, 5.74) is 1.50. The normalized spacial score (nSPS) is 11.4.